The van der Waals surface area contributed by atoms with Crippen molar-refractivity contribution in [3.8, 4) is 11.1 Å². The summed E-state index contributed by atoms with van der Waals surface area (Å²) in [5.41, 5.74) is 12.2. The number of amides is 4. The number of aromatic nitrogens is 1. The van der Waals surface area contributed by atoms with Gasteiger partial charge in [0.1, 0.15) is 24.3 Å². The van der Waals surface area contributed by atoms with Gasteiger partial charge in [-0.2, -0.15) is 0 Å². The van der Waals surface area contributed by atoms with Gasteiger partial charge in [-0.3, -0.25) is 19.2 Å². The minimum Gasteiger partial charge on any atom is -0.387 e. The van der Waals surface area contributed by atoms with Crippen molar-refractivity contribution in [1.29, 1.82) is 0 Å². The van der Waals surface area contributed by atoms with E-state index in [0.29, 0.717) is 24.3 Å². The maximum Gasteiger partial charge on any atom is 0.248 e. The van der Waals surface area contributed by atoms with Crippen LogP contribution >= 0.6 is 0 Å². The van der Waals surface area contributed by atoms with Gasteiger partial charge in [0.25, 0.3) is 0 Å². The number of primary amides is 1. The minimum atomic E-state index is -1.30. The van der Waals surface area contributed by atoms with Gasteiger partial charge in [-0.05, 0) is 48.7 Å². The Morgan fingerprint density at radius 2 is 1.69 bits per heavy atom. The summed E-state index contributed by atoms with van der Waals surface area (Å²) in [6, 6.07) is 11.1. The summed E-state index contributed by atoms with van der Waals surface area (Å²) >= 11 is 0. The molecule has 0 radical (unpaired) electrons. The second-order valence-corrected chi connectivity index (χ2v) is 12.9. The molecule has 0 bridgehead atoms. The maximum atomic E-state index is 15.0. The first-order valence-corrected chi connectivity index (χ1v) is 16.0. The fourth-order valence-corrected chi connectivity index (χ4v) is 5.66. The number of carbonyl (C=O) groups excluding carboxylic acids is 4. The van der Waals surface area contributed by atoms with Crippen LogP contribution in [-0.2, 0) is 25.7 Å². The zero-order valence-electron chi connectivity index (χ0n) is 28.3. The smallest absolute Gasteiger partial charge is 0.248 e. The lowest BCUT2D eigenvalue weighted by molar-refractivity contribution is -0.140. The molecule has 0 unspecified atom stereocenters. The first kappa shape index (κ1) is 38.8. The number of aliphatic hydroxyl groups excluding tert-OH is 1. The third kappa shape index (κ3) is 10.9. The molecule has 2 aromatic carbocycles. The molecule has 14 heteroatoms. The van der Waals surface area contributed by atoms with E-state index in [9.17, 15) is 28.7 Å². The molecule has 3 aromatic rings. The van der Waals surface area contributed by atoms with Crippen molar-refractivity contribution in [2.24, 2.45) is 16.9 Å². The number of carbonyl (C=O) groups is 4. The number of hydrogen-bond acceptors (Lipinski definition) is 7. The Bertz CT molecular complexity index is 1590. The monoisotopic (exact) mass is 683 g/mol. The molecule has 0 saturated heterocycles. The second kappa shape index (κ2) is 17.7. The van der Waals surface area contributed by atoms with Crippen molar-refractivity contribution >= 4 is 23.6 Å². The number of likely N-dealkylation sites (N-methyl/N-ethyl adjacent to an activating group) is 1. The lowest BCUT2D eigenvalue weighted by Crippen LogP contribution is -2.54. The predicted octanol–water partition coefficient (Wildman–Crippen LogP) is 1.80. The van der Waals surface area contributed by atoms with E-state index in [1.165, 1.54) is 4.90 Å². The number of hydrogen-bond donors (Lipinski definition) is 6. The molecule has 0 spiro atoms. The fourth-order valence-electron chi connectivity index (χ4n) is 5.66. The molecular weight excluding hydrogens is 636 g/mol. The number of nitrogens with two attached hydrogens (primary N) is 2. The summed E-state index contributed by atoms with van der Waals surface area (Å²) < 4.78 is 31.2. The minimum absolute atomic E-state index is 0.0362. The van der Waals surface area contributed by atoms with Gasteiger partial charge in [-0.1, -0.05) is 51.1 Å². The van der Waals surface area contributed by atoms with E-state index in [2.05, 4.69) is 16.0 Å². The summed E-state index contributed by atoms with van der Waals surface area (Å²) in [6.45, 7) is 5.72. The maximum absolute atomic E-state index is 15.0. The second-order valence-electron chi connectivity index (χ2n) is 12.9. The van der Waals surface area contributed by atoms with Crippen LogP contribution in [-0.4, -0.2) is 83.6 Å². The average molecular weight is 684 g/mol. The first-order chi connectivity index (χ1) is 23.2. The number of rotatable bonds is 17. The average Bonchev–Trinajstić information content (AvgIpc) is 3.44. The van der Waals surface area contributed by atoms with Gasteiger partial charge < -0.3 is 42.0 Å². The van der Waals surface area contributed by atoms with E-state index in [1.54, 1.807) is 19.3 Å². The van der Waals surface area contributed by atoms with Crippen LogP contribution in [0, 0.1) is 17.0 Å². The highest BCUT2D eigenvalue weighted by Gasteiger charge is 2.38. The van der Waals surface area contributed by atoms with Crippen molar-refractivity contribution in [1.82, 2.24) is 25.4 Å². The largest absolute Gasteiger partial charge is 0.387 e. The van der Waals surface area contributed by atoms with Crippen molar-refractivity contribution in [3.05, 3.63) is 83.7 Å². The Kier molecular flexibility index (Phi) is 14.0. The van der Waals surface area contributed by atoms with Crippen LogP contribution in [0.25, 0.3) is 11.1 Å². The summed E-state index contributed by atoms with van der Waals surface area (Å²) in [6.07, 6.45) is 1.16. The Balaban J connectivity index is 2.09. The van der Waals surface area contributed by atoms with Gasteiger partial charge in [0, 0.05) is 49.2 Å². The molecule has 1 aromatic heterocycles. The van der Waals surface area contributed by atoms with E-state index in [4.69, 9.17) is 11.5 Å². The molecule has 1 heterocycles. The lowest BCUT2D eigenvalue weighted by Gasteiger charge is -2.41. The van der Waals surface area contributed by atoms with E-state index in [1.807, 2.05) is 55.7 Å². The summed E-state index contributed by atoms with van der Waals surface area (Å²) in [5.74, 6) is -4.01. The lowest BCUT2D eigenvalue weighted by atomic mass is 9.82. The Hall–Kier alpha value is -4.66. The van der Waals surface area contributed by atoms with Crippen LogP contribution in [0.2, 0.25) is 0 Å². The molecule has 4 amide bonds. The number of halogens is 2. The SMILES string of the molecule is CNCCNC(=O)[C@H](CCN(C(=O)CO)[C@@H](c1cc(-c2cc(F)ccc2F)cn1Cc1ccccc1)C(C)(C)C)NC(=O)[C@@H](N)CC(N)=O. The zero-order valence-corrected chi connectivity index (χ0v) is 28.3. The van der Waals surface area contributed by atoms with E-state index < -0.39 is 71.8 Å². The molecule has 266 valence electrons. The van der Waals surface area contributed by atoms with E-state index in [-0.39, 0.29) is 25.1 Å². The molecule has 0 aliphatic heterocycles. The van der Waals surface area contributed by atoms with Gasteiger partial charge >= 0.3 is 0 Å². The fraction of sp³-hybridized carbons (Fsp3) is 0.429. The van der Waals surface area contributed by atoms with E-state index in [0.717, 1.165) is 23.8 Å². The van der Waals surface area contributed by atoms with Gasteiger partial charge in [0.05, 0.1) is 18.5 Å². The highest BCUT2D eigenvalue weighted by Crippen LogP contribution is 2.41. The highest BCUT2D eigenvalue weighted by atomic mass is 19.1. The third-order valence-corrected chi connectivity index (χ3v) is 7.96. The normalized spacial score (nSPS) is 13.3. The van der Waals surface area contributed by atoms with Crippen molar-refractivity contribution < 1.29 is 33.1 Å². The molecule has 0 saturated carbocycles. The molecule has 3 atom stereocenters. The van der Waals surface area contributed by atoms with Crippen molar-refractivity contribution in [3.63, 3.8) is 0 Å². The van der Waals surface area contributed by atoms with Crippen LogP contribution in [0.4, 0.5) is 8.78 Å². The van der Waals surface area contributed by atoms with Crippen LogP contribution in [0.3, 0.4) is 0 Å². The number of benzene rings is 2. The van der Waals surface area contributed by atoms with Crippen LogP contribution in [0.1, 0.15) is 50.9 Å². The quantitative estimate of drug-likeness (QED) is 0.117. The zero-order chi connectivity index (χ0) is 36.3. The predicted molar refractivity (Wildman–Crippen MR) is 182 cm³/mol. The Morgan fingerprint density at radius 3 is 2.31 bits per heavy atom. The van der Waals surface area contributed by atoms with Crippen LogP contribution in [0.15, 0.2) is 60.8 Å². The highest BCUT2D eigenvalue weighted by molar-refractivity contribution is 5.92. The van der Waals surface area contributed by atoms with Crippen LogP contribution in [0.5, 0.6) is 0 Å². The van der Waals surface area contributed by atoms with Gasteiger partial charge in [-0.15, -0.1) is 0 Å². The Morgan fingerprint density at radius 1 is 1.00 bits per heavy atom. The molecule has 8 N–H and O–H groups in total. The summed E-state index contributed by atoms with van der Waals surface area (Å²) in [4.78, 5) is 52.5. The Labute approximate surface area is 285 Å². The first-order valence-electron chi connectivity index (χ1n) is 16.0. The van der Waals surface area contributed by atoms with Gasteiger partial charge in [0.15, 0.2) is 0 Å². The van der Waals surface area contributed by atoms with Gasteiger partial charge in [0.2, 0.25) is 23.6 Å². The molecule has 49 heavy (non-hydrogen) atoms. The molecule has 3 rings (SSSR count). The topological polar surface area (TPSA) is 185 Å². The molecule has 0 aliphatic carbocycles. The number of nitrogens with zero attached hydrogens (tertiary/aromatic N) is 2. The molecule has 0 aliphatic rings. The van der Waals surface area contributed by atoms with Crippen molar-refractivity contribution in [2.45, 2.75) is 58.3 Å². The molecule has 12 nitrogen and oxygen atoms in total. The number of aliphatic hydroxyl groups is 1. The standard InChI is InChI=1S/C35H47F2N7O5/c1-35(2,3)32(29-16-23(25-17-24(36)10-11-26(25)37)20-43(29)19-22-8-6-5-7-9-22)44(31(47)21-45)15-12-28(34(49)41-14-13-40-4)42-33(48)27(38)18-30(39)46/h5-11,16-17,20,27-28,32,40,45H,12-15,18-19,21,38H2,1-4H3,(H2,39,46)(H,41,49)(H,42,48)/t27-,28-,32-/m0/s1. The summed E-state index contributed by atoms with van der Waals surface area (Å²) in [5, 5.41) is 18.3. The summed E-state index contributed by atoms with van der Waals surface area (Å²) in [7, 11) is 1.71. The molecule has 0 fully saturated rings. The number of nitrogens with one attached hydrogen (secondary N) is 3. The third-order valence-electron chi connectivity index (χ3n) is 7.96. The van der Waals surface area contributed by atoms with Crippen molar-refractivity contribution in [2.75, 3.05) is 33.3 Å². The van der Waals surface area contributed by atoms with Gasteiger partial charge in [-0.25, -0.2) is 8.78 Å². The van der Waals surface area contributed by atoms with E-state index >= 15 is 4.39 Å². The van der Waals surface area contributed by atoms with Crippen LogP contribution < -0.4 is 27.4 Å². The molecular formula is C35H47F2N7O5.